The van der Waals surface area contributed by atoms with Crippen molar-refractivity contribution in [3.8, 4) is 12.3 Å². The standard InChI is InChI=1S/C17H14N2O3S.C2H6.CH3.Y/c1-3-10-19-15-11-18-9-8-14(15)16(20)17(23(19,21)22)13-7-5-4-6-12(13)2;1-2;;/h1,4-9,11,20H,10H2,2H3;1-2H3;1H3;/q;;-1;. The van der Waals surface area contributed by atoms with Gasteiger partial charge in [-0.15, -0.1) is 6.42 Å². The number of aromatic nitrogens is 1. The SMILES string of the molecule is C#CCN1c2cnccc2C(O)=C(c2ccccc2C)S1(=O)=O.CC.[CH3-].[Y]. The van der Waals surface area contributed by atoms with E-state index in [2.05, 4.69) is 10.9 Å². The molecule has 0 saturated carbocycles. The van der Waals surface area contributed by atoms with E-state index in [1.165, 1.54) is 12.4 Å². The molecule has 141 valence electrons. The molecule has 2 aromatic rings. The molecule has 1 aliphatic rings. The molecule has 1 aromatic carbocycles. The van der Waals surface area contributed by atoms with Crippen LogP contribution < -0.4 is 4.31 Å². The average Bonchev–Trinajstić information content (AvgIpc) is 2.62. The molecule has 7 heteroatoms. The topological polar surface area (TPSA) is 70.5 Å². The van der Waals surface area contributed by atoms with Crippen molar-refractivity contribution >= 4 is 26.4 Å². The number of anilines is 1. The Balaban J connectivity index is 0.00000164. The van der Waals surface area contributed by atoms with Crippen molar-refractivity contribution in [1.29, 1.82) is 0 Å². The molecule has 0 saturated heterocycles. The molecule has 2 heterocycles. The van der Waals surface area contributed by atoms with E-state index in [1.807, 2.05) is 19.9 Å². The molecule has 0 fully saturated rings. The zero-order valence-electron chi connectivity index (χ0n) is 16.0. The molecular weight excluding hydrogens is 437 g/mol. The molecular formula is C20H23N2O3SY-. The van der Waals surface area contributed by atoms with Crippen LogP contribution in [0, 0.1) is 26.7 Å². The first-order valence-corrected chi connectivity index (χ1v) is 9.32. The Morgan fingerprint density at radius 2 is 1.81 bits per heavy atom. The van der Waals surface area contributed by atoms with Gasteiger partial charge >= 0.3 is 0 Å². The first-order chi connectivity index (χ1) is 12.0. The number of rotatable bonds is 2. The molecule has 27 heavy (non-hydrogen) atoms. The van der Waals surface area contributed by atoms with Crippen LogP contribution in [-0.2, 0) is 42.7 Å². The summed E-state index contributed by atoms with van der Waals surface area (Å²) in [7, 11) is -3.98. The van der Waals surface area contributed by atoms with E-state index >= 15 is 0 Å². The van der Waals surface area contributed by atoms with E-state index < -0.39 is 10.0 Å². The van der Waals surface area contributed by atoms with Crippen molar-refractivity contribution in [2.24, 2.45) is 0 Å². The summed E-state index contributed by atoms with van der Waals surface area (Å²) in [6.07, 6.45) is 8.21. The maximum absolute atomic E-state index is 13.0. The molecule has 1 radical (unpaired) electrons. The summed E-state index contributed by atoms with van der Waals surface area (Å²) in [5, 5.41) is 10.6. The third-order valence-corrected chi connectivity index (χ3v) is 5.55. The third kappa shape index (κ3) is 4.60. The fourth-order valence-electron chi connectivity index (χ4n) is 2.62. The molecule has 1 N–H and O–H groups in total. The van der Waals surface area contributed by atoms with Gasteiger partial charge in [-0.3, -0.25) is 9.29 Å². The van der Waals surface area contributed by atoms with Crippen molar-refractivity contribution < 1.29 is 46.2 Å². The number of nitrogens with zero attached hydrogens (tertiary/aromatic N) is 2. The van der Waals surface area contributed by atoms with Crippen molar-refractivity contribution in [3.63, 3.8) is 0 Å². The molecule has 3 rings (SSSR count). The number of benzene rings is 1. The smallest absolute Gasteiger partial charge is 0.269 e. The minimum atomic E-state index is -3.98. The van der Waals surface area contributed by atoms with Gasteiger partial charge < -0.3 is 12.5 Å². The monoisotopic (exact) mass is 460 g/mol. The minimum Gasteiger partial charge on any atom is -0.506 e. The molecule has 5 nitrogen and oxygen atoms in total. The van der Waals surface area contributed by atoms with Crippen LogP contribution >= 0.6 is 0 Å². The minimum absolute atomic E-state index is 0. The van der Waals surface area contributed by atoms with Crippen LogP contribution in [0.5, 0.6) is 0 Å². The van der Waals surface area contributed by atoms with Crippen LogP contribution in [-0.4, -0.2) is 25.1 Å². The van der Waals surface area contributed by atoms with Gasteiger partial charge in [-0.1, -0.05) is 44.0 Å². The summed E-state index contributed by atoms with van der Waals surface area (Å²) in [5.41, 5.74) is 1.87. The largest absolute Gasteiger partial charge is 0.506 e. The summed E-state index contributed by atoms with van der Waals surface area (Å²) in [6, 6.07) is 8.56. The zero-order chi connectivity index (χ0) is 18.6. The molecule has 1 aliphatic heterocycles. The van der Waals surface area contributed by atoms with Crippen LogP contribution in [0.1, 0.15) is 30.5 Å². The molecule has 0 atom stereocenters. The number of fused-ring (bicyclic) bond motifs is 1. The van der Waals surface area contributed by atoms with Gasteiger partial charge in [0.15, 0.2) is 0 Å². The van der Waals surface area contributed by atoms with Crippen LogP contribution in [0.3, 0.4) is 0 Å². The van der Waals surface area contributed by atoms with Crippen LogP contribution in [0.15, 0.2) is 42.7 Å². The van der Waals surface area contributed by atoms with E-state index in [9.17, 15) is 13.5 Å². The second-order valence-corrected chi connectivity index (χ2v) is 6.90. The Kier molecular flexibility index (Phi) is 9.95. The van der Waals surface area contributed by atoms with Gasteiger partial charge in [-0.05, 0) is 18.6 Å². The number of aliphatic hydroxyl groups is 1. The Morgan fingerprint density at radius 1 is 1.19 bits per heavy atom. The fourth-order valence-corrected chi connectivity index (χ4v) is 4.35. The second kappa shape index (κ2) is 10.6. The Hall–Kier alpha value is -1.68. The first kappa shape index (κ1) is 25.3. The van der Waals surface area contributed by atoms with Gasteiger partial charge in [0, 0.05) is 50.0 Å². The Labute approximate surface area is 187 Å². The van der Waals surface area contributed by atoms with Crippen molar-refractivity contribution in [2.75, 3.05) is 10.8 Å². The van der Waals surface area contributed by atoms with Gasteiger partial charge in [-0.2, -0.15) is 0 Å². The summed E-state index contributed by atoms with van der Waals surface area (Å²) in [6.45, 7) is 5.66. The summed E-state index contributed by atoms with van der Waals surface area (Å²) in [4.78, 5) is 3.80. The summed E-state index contributed by atoms with van der Waals surface area (Å²) in [5.74, 6) is 2.06. The first-order valence-electron chi connectivity index (χ1n) is 7.88. The summed E-state index contributed by atoms with van der Waals surface area (Å²) >= 11 is 0. The number of aryl methyl sites for hydroxylation is 1. The molecule has 1 aromatic heterocycles. The number of hydrogen-bond acceptors (Lipinski definition) is 4. The van der Waals surface area contributed by atoms with Crippen LogP contribution in [0.2, 0.25) is 0 Å². The quantitative estimate of drug-likeness (QED) is 0.543. The molecule has 0 amide bonds. The molecule has 0 aliphatic carbocycles. The van der Waals surface area contributed by atoms with E-state index in [4.69, 9.17) is 6.42 Å². The van der Waals surface area contributed by atoms with Gasteiger partial charge in [-0.25, -0.2) is 8.42 Å². The maximum atomic E-state index is 13.0. The normalized spacial score (nSPS) is 13.8. The molecule has 0 bridgehead atoms. The van der Waals surface area contributed by atoms with E-state index in [1.54, 1.807) is 31.2 Å². The van der Waals surface area contributed by atoms with E-state index in [0.717, 1.165) is 9.87 Å². The van der Waals surface area contributed by atoms with E-state index in [0.29, 0.717) is 11.1 Å². The van der Waals surface area contributed by atoms with Crippen LogP contribution in [0.4, 0.5) is 5.69 Å². The van der Waals surface area contributed by atoms with Crippen molar-refractivity contribution in [1.82, 2.24) is 4.98 Å². The third-order valence-electron chi connectivity index (χ3n) is 3.71. The van der Waals surface area contributed by atoms with E-state index in [-0.39, 0.29) is 63.0 Å². The number of pyridine rings is 1. The Morgan fingerprint density at radius 3 is 2.41 bits per heavy atom. The van der Waals surface area contributed by atoms with Crippen molar-refractivity contribution in [2.45, 2.75) is 20.8 Å². The average molecular weight is 460 g/mol. The maximum Gasteiger partial charge on any atom is 0.269 e. The van der Waals surface area contributed by atoms with Crippen molar-refractivity contribution in [3.05, 3.63) is 66.8 Å². The number of hydrogen-bond donors (Lipinski definition) is 1. The van der Waals surface area contributed by atoms with Gasteiger partial charge in [0.2, 0.25) is 0 Å². The summed E-state index contributed by atoms with van der Waals surface area (Å²) < 4.78 is 27.1. The predicted molar refractivity (Wildman–Crippen MR) is 108 cm³/mol. The van der Waals surface area contributed by atoms with Gasteiger partial charge in [0.05, 0.1) is 18.4 Å². The number of aliphatic hydroxyl groups excluding tert-OH is 1. The number of sulfonamides is 1. The molecule has 0 unspecified atom stereocenters. The second-order valence-electron chi connectivity index (χ2n) is 5.10. The number of terminal acetylenes is 1. The molecule has 0 spiro atoms. The van der Waals surface area contributed by atoms with Gasteiger partial charge in [0.1, 0.15) is 10.7 Å². The zero-order valence-corrected chi connectivity index (χ0v) is 19.6. The predicted octanol–water partition coefficient (Wildman–Crippen LogP) is 4.03. The van der Waals surface area contributed by atoms with Crippen LogP contribution in [0.25, 0.3) is 10.7 Å². The fraction of sp³-hybridized carbons (Fsp3) is 0.200. The van der Waals surface area contributed by atoms with Gasteiger partial charge in [0.25, 0.3) is 10.0 Å². The Bertz CT molecular complexity index is 963.